The molecule has 1 heterocycles. The number of nitrogens with zero attached hydrogens (tertiary/aromatic N) is 1. The molecule has 1 N–H and O–H groups in total. The van der Waals surface area contributed by atoms with Crippen LogP contribution in [0.2, 0.25) is 0 Å². The summed E-state index contributed by atoms with van der Waals surface area (Å²) in [4.78, 5) is 12.4. The first-order chi connectivity index (χ1) is 14.5. The van der Waals surface area contributed by atoms with Crippen molar-refractivity contribution in [2.75, 3.05) is 25.0 Å². The molecule has 2 aromatic rings. The van der Waals surface area contributed by atoms with Gasteiger partial charge in [0.05, 0.1) is 11.5 Å². The Bertz CT molecular complexity index is 959. The molecule has 1 aliphatic heterocycles. The number of amides is 1. The fraction of sp³-hybridized carbons (Fsp3) is 0.348. The van der Waals surface area contributed by atoms with E-state index in [9.17, 15) is 13.2 Å². The lowest BCUT2D eigenvalue weighted by molar-refractivity contribution is -0.111. The van der Waals surface area contributed by atoms with Crippen molar-refractivity contribution in [3.63, 3.8) is 0 Å². The van der Waals surface area contributed by atoms with E-state index < -0.39 is 10.0 Å². The van der Waals surface area contributed by atoms with Gasteiger partial charge in [-0.1, -0.05) is 25.0 Å². The summed E-state index contributed by atoms with van der Waals surface area (Å²) in [5.41, 5.74) is 1.43. The SMILES string of the molecule is CCOc1ccc(NC(=O)/C=C/c2ccc(S(=O)(=O)N3CCCCCC3)cc2)cc1. The average Bonchev–Trinajstić information content (AvgIpc) is 3.04. The molecular formula is C23H28N2O4S. The van der Waals surface area contributed by atoms with Crippen LogP contribution >= 0.6 is 0 Å². The molecule has 0 aromatic heterocycles. The van der Waals surface area contributed by atoms with Crippen LogP contribution in [0, 0.1) is 0 Å². The molecule has 30 heavy (non-hydrogen) atoms. The van der Waals surface area contributed by atoms with Crippen LogP contribution < -0.4 is 10.1 Å². The number of benzene rings is 2. The van der Waals surface area contributed by atoms with Gasteiger partial charge in [-0.05, 0) is 67.8 Å². The number of hydrogen-bond acceptors (Lipinski definition) is 4. The summed E-state index contributed by atoms with van der Waals surface area (Å²) < 4.78 is 32.6. The minimum atomic E-state index is -3.46. The van der Waals surface area contributed by atoms with Crippen molar-refractivity contribution in [3.05, 3.63) is 60.2 Å². The third-order valence-corrected chi connectivity index (χ3v) is 6.86. The molecule has 2 aromatic carbocycles. The number of ether oxygens (including phenoxy) is 1. The maximum atomic E-state index is 12.8. The van der Waals surface area contributed by atoms with Crippen LogP contribution in [0.4, 0.5) is 5.69 Å². The highest BCUT2D eigenvalue weighted by Crippen LogP contribution is 2.21. The first kappa shape index (κ1) is 22.1. The van der Waals surface area contributed by atoms with Gasteiger partial charge in [-0.3, -0.25) is 4.79 Å². The van der Waals surface area contributed by atoms with E-state index in [1.54, 1.807) is 58.9 Å². The Morgan fingerprint density at radius 1 is 1.00 bits per heavy atom. The summed E-state index contributed by atoms with van der Waals surface area (Å²) in [7, 11) is -3.46. The molecule has 1 saturated heterocycles. The van der Waals surface area contributed by atoms with Crippen LogP contribution in [-0.4, -0.2) is 38.3 Å². The van der Waals surface area contributed by atoms with Gasteiger partial charge < -0.3 is 10.1 Å². The van der Waals surface area contributed by atoms with Gasteiger partial charge >= 0.3 is 0 Å². The van der Waals surface area contributed by atoms with Gasteiger partial charge in [0.25, 0.3) is 0 Å². The number of nitrogens with one attached hydrogen (secondary N) is 1. The molecule has 3 rings (SSSR count). The lowest BCUT2D eigenvalue weighted by Gasteiger charge is -2.19. The average molecular weight is 429 g/mol. The van der Waals surface area contributed by atoms with E-state index in [1.807, 2.05) is 6.92 Å². The molecule has 0 aliphatic carbocycles. The molecule has 0 saturated carbocycles. The summed E-state index contributed by atoms with van der Waals surface area (Å²) >= 11 is 0. The Kier molecular flexibility index (Phi) is 7.65. The summed E-state index contributed by atoms with van der Waals surface area (Å²) in [6.45, 7) is 3.66. The van der Waals surface area contributed by atoms with Crippen LogP contribution in [0.3, 0.4) is 0 Å². The van der Waals surface area contributed by atoms with Gasteiger partial charge in [-0.15, -0.1) is 0 Å². The van der Waals surface area contributed by atoms with Crippen LogP contribution in [0.25, 0.3) is 6.08 Å². The standard InChI is InChI=1S/C23H28N2O4S/c1-2-29-21-12-10-20(11-13-21)24-23(26)16-9-19-7-14-22(15-8-19)30(27,28)25-17-5-3-4-6-18-25/h7-16H,2-6,17-18H2,1H3,(H,24,26)/b16-9+. The van der Waals surface area contributed by atoms with Crippen molar-refractivity contribution in [2.45, 2.75) is 37.5 Å². The zero-order valence-corrected chi connectivity index (χ0v) is 18.0. The topological polar surface area (TPSA) is 75.7 Å². The fourth-order valence-corrected chi connectivity index (χ4v) is 4.86. The predicted molar refractivity (Wildman–Crippen MR) is 119 cm³/mol. The van der Waals surface area contributed by atoms with E-state index >= 15 is 0 Å². The Labute approximate surface area is 178 Å². The smallest absolute Gasteiger partial charge is 0.248 e. The minimum absolute atomic E-state index is 0.263. The molecule has 0 unspecified atom stereocenters. The zero-order chi connectivity index (χ0) is 21.4. The molecule has 0 radical (unpaired) electrons. The van der Waals surface area contributed by atoms with Crippen molar-refractivity contribution in [3.8, 4) is 5.75 Å². The number of carbonyl (C=O) groups is 1. The predicted octanol–water partition coefficient (Wildman–Crippen LogP) is 4.30. The van der Waals surface area contributed by atoms with Crippen molar-refractivity contribution >= 4 is 27.7 Å². The van der Waals surface area contributed by atoms with E-state index in [2.05, 4.69) is 5.32 Å². The molecular weight excluding hydrogens is 400 g/mol. The minimum Gasteiger partial charge on any atom is -0.494 e. The lowest BCUT2D eigenvalue weighted by Crippen LogP contribution is -2.31. The Morgan fingerprint density at radius 3 is 2.23 bits per heavy atom. The van der Waals surface area contributed by atoms with E-state index in [4.69, 9.17) is 4.74 Å². The number of anilines is 1. The van der Waals surface area contributed by atoms with Gasteiger partial charge in [-0.2, -0.15) is 4.31 Å². The summed E-state index contributed by atoms with van der Waals surface area (Å²) in [5, 5.41) is 2.78. The number of hydrogen-bond donors (Lipinski definition) is 1. The summed E-state index contributed by atoms with van der Waals surface area (Å²) in [6, 6.07) is 13.8. The van der Waals surface area contributed by atoms with Gasteiger partial charge in [0.15, 0.2) is 0 Å². The Hall–Kier alpha value is -2.64. The van der Waals surface area contributed by atoms with Crippen LogP contribution in [0.1, 0.15) is 38.2 Å². The van der Waals surface area contributed by atoms with Crippen molar-refractivity contribution in [1.82, 2.24) is 4.31 Å². The molecule has 7 heteroatoms. The van der Waals surface area contributed by atoms with Crippen molar-refractivity contribution < 1.29 is 17.9 Å². The van der Waals surface area contributed by atoms with E-state index in [1.165, 1.54) is 6.08 Å². The first-order valence-corrected chi connectivity index (χ1v) is 11.7. The van der Waals surface area contributed by atoms with Gasteiger partial charge in [0.2, 0.25) is 15.9 Å². The zero-order valence-electron chi connectivity index (χ0n) is 17.2. The van der Waals surface area contributed by atoms with Crippen molar-refractivity contribution in [1.29, 1.82) is 0 Å². The summed E-state index contributed by atoms with van der Waals surface area (Å²) in [5.74, 6) is 0.488. The van der Waals surface area contributed by atoms with Crippen molar-refractivity contribution in [2.24, 2.45) is 0 Å². The van der Waals surface area contributed by atoms with E-state index in [0.29, 0.717) is 30.3 Å². The molecule has 0 bridgehead atoms. The van der Waals surface area contributed by atoms with Gasteiger partial charge in [0.1, 0.15) is 5.75 Å². The maximum absolute atomic E-state index is 12.8. The highest BCUT2D eigenvalue weighted by Gasteiger charge is 2.24. The molecule has 1 fully saturated rings. The molecule has 1 aliphatic rings. The van der Waals surface area contributed by atoms with Gasteiger partial charge in [0, 0.05) is 24.9 Å². The summed E-state index contributed by atoms with van der Waals surface area (Å²) in [6.07, 6.45) is 7.05. The number of sulfonamides is 1. The highest BCUT2D eigenvalue weighted by molar-refractivity contribution is 7.89. The first-order valence-electron chi connectivity index (χ1n) is 10.3. The van der Waals surface area contributed by atoms with Crippen LogP contribution in [-0.2, 0) is 14.8 Å². The van der Waals surface area contributed by atoms with Gasteiger partial charge in [-0.25, -0.2) is 8.42 Å². The normalized spacial score (nSPS) is 15.6. The maximum Gasteiger partial charge on any atom is 0.248 e. The number of rotatable bonds is 7. The second-order valence-corrected chi connectivity index (χ2v) is 9.11. The largest absolute Gasteiger partial charge is 0.494 e. The Balaban J connectivity index is 1.60. The van der Waals surface area contributed by atoms with E-state index in [-0.39, 0.29) is 5.91 Å². The molecule has 1 amide bonds. The second kappa shape index (κ2) is 10.4. The molecule has 0 spiro atoms. The molecule has 6 nitrogen and oxygen atoms in total. The second-order valence-electron chi connectivity index (χ2n) is 7.17. The highest BCUT2D eigenvalue weighted by atomic mass is 32.2. The quantitative estimate of drug-likeness (QED) is 0.667. The van der Waals surface area contributed by atoms with E-state index in [0.717, 1.165) is 37.0 Å². The molecule has 160 valence electrons. The third kappa shape index (κ3) is 5.93. The molecule has 0 atom stereocenters. The third-order valence-electron chi connectivity index (χ3n) is 4.94. The monoisotopic (exact) mass is 428 g/mol. The fourth-order valence-electron chi connectivity index (χ4n) is 3.34. The van der Waals surface area contributed by atoms with Crippen LogP contribution in [0.5, 0.6) is 5.75 Å². The van der Waals surface area contributed by atoms with Crippen LogP contribution in [0.15, 0.2) is 59.5 Å². The lowest BCUT2D eigenvalue weighted by atomic mass is 10.2. The Morgan fingerprint density at radius 2 is 1.63 bits per heavy atom. The number of carbonyl (C=O) groups excluding carboxylic acids is 1.